The number of nitrogens with one attached hydrogen (secondary N) is 1. The van der Waals surface area contributed by atoms with Crippen molar-refractivity contribution in [2.24, 2.45) is 0 Å². The highest BCUT2D eigenvalue weighted by atomic mass is 16.5. The van der Waals surface area contributed by atoms with Crippen LogP contribution in [0.1, 0.15) is 32.6 Å². The zero-order chi connectivity index (χ0) is 10.1. The summed E-state index contributed by atoms with van der Waals surface area (Å²) in [7, 11) is 0. The molecular weight excluding hydrogens is 178 g/mol. The summed E-state index contributed by atoms with van der Waals surface area (Å²) in [5.74, 6) is 0. The first-order valence-electron chi connectivity index (χ1n) is 5.82. The third-order valence-corrected chi connectivity index (χ3v) is 2.27. The summed E-state index contributed by atoms with van der Waals surface area (Å²) in [5.41, 5.74) is 0. The molecule has 1 aliphatic carbocycles. The Labute approximate surface area is 87.2 Å². The highest BCUT2D eigenvalue weighted by molar-refractivity contribution is 4.80. The van der Waals surface area contributed by atoms with Gasteiger partial charge in [-0.05, 0) is 19.3 Å². The molecule has 84 valence electrons. The lowest BCUT2D eigenvalue weighted by molar-refractivity contribution is 0.0477. The van der Waals surface area contributed by atoms with Crippen molar-refractivity contribution >= 4 is 0 Å². The van der Waals surface area contributed by atoms with Gasteiger partial charge in [0, 0.05) is 19.2 Å². The van der Waals surface area contributed by atoms with Crippen molar-refractivity contribution in [3.05, 3.63) is 0 Å². The van der Waals surface area contributed by atoms with E-state index < -0.39 is 0 Å². The van der Waals surface area contributed by atoms with Crippen molar-refractivity contribution in [1.82, 2.24) is 5.32 Å². The number of hydrogen-bond donors (Lipinski definition) is 1. The molecule has 0 unspecified atom stereocenters. The Morgan fingerprint density at radius 1 is 1.07 bits per heavy atom. The fourth-order valence-electron chi connectivity index (χ4n) is 1.19. The van der Waals surface area contributed by atoms with Gasteiger partial charge in [0.05, 0.1) is 19.8 Å². The molecule has 1 rings (SSSR count). The molecule has 0 saturated heterocycles. The van der Waals surface area contributed by atoms with Gasteiger partial charge in [-0.3, -0.25) is 0 Å². The van der Waals surface area contributed by atoms with Gasteiger partial charge >= 0.3 is 0 Å². The van der Waals surface area contributed by atoms with Crippen LogP contribution in [-0.2, 0) is 9.47 Å². The molecule has 0 bridgehead atoms. The molecule has 1 N–H and O–H groups in total. The van der Waals surface area contributed by atoms with Crippen LogP contribution in [0.15, 0.2) is 0 Å². The maximum atomic E-state index is 5.40. The van der Waals surface area contributed by atoms with Crippen LogP contribution in [0.4, 0.5) is 0 Å². The second-order valence-corrected chi connectivity index (χ2v) is 3.81. The molecule has 0 atom stereocenters. The molecule has 1 aliphatic rings. The molecule has 3 nitrogen and oxygen atoms in total. The third-order valence-electron chi connectivity index (χ3n) is 2.27. The van der Waals surface area contributed by atoms with E-state index in [0.29, 0.717) is 0 Å². The van der Waals surface area contributed by atoms with Gasteiger partial charge in [0.25, 0.3) is 0 Å². The van der Waals surface area contributed by atoms with E-state index in [1.165, 1.54) is 19.3 Å². The highest BCUT2D eigenvalue weighted by Gasteiger charge is 2.19. The maximum Gasteiger partial charge on any atom is 0.0701 e. The number of rotatable bonds is 10. The van der Waals surface area contributed by atoms with E-state index in [-0.39, 0.29) is 0 Å². The minimum Gasteiger partial charge on any atom is -0.379 e. The molecule has 0 amide bonds. The van der Waals surface area contributed by atoms with Gasteiger partial charge in [0.15, 0.2) is 0 Å². The highest BCUT2D eigenvalue weighted by Crippen LogP contribution is 2.17. The topological polar surface area (TPSA) is 30.5 Å². The average molecular weight is 201 g/mol. The van der Waals surface area contributed by atoms with Crippen molar-refractivity contribution in [1.29, 1.82) is 0 Å². The first kappa shape index (κ1) is 12.0. The normalized spacial score (nSPS) is 16.1. The molecule has 14 heavy (non-hydrogen) atoms. The Morgan fingerprint density at radius 3 is 2.43 bits per heavy atom. The van der Waals surface area contributed by atoms with E-state index in [9.17, 15) is 0 Å². The summed E-state index contributed by atoms with van der Waals surface area (Å²) >= 11 is 0. The molecule has 0 heterocycles. The Balaban J connectivity index is 1.63. The second kappa shape index (κ2) is 8.21. The van der Waals surface area contributed by atoms with Gasteiger partial charge in [0.2, 0.25) is 0 Å². The molecule has 0 aliphatic heterocycles. The van der Waals surface area contributed by atoms with Crippen LogP contribution in [0.5, 0.6) is 0 Å². The fourth-order valence-corrected chi connectivity index (χ4v) is 1.19. The summed E-state index contributed by atoms with van der Waals surface area (Å²) in [6.45, 7) is 6.32. The monoisotopic (exact) mass is 201 g/mol. The van der Waals surface area contributed by atoms with Crippen LogP contribution in [0.2, 0.25) is 0 Å². The average Bonchev–Trinajstić information content (AvgIpc) is 2.99. The first-order chi connectivity index (χ1) is 6.93. The van der Waals surface area contributed by atoms with E-state index in [1.807, 2.05) is 0 Å². The Hall–Kier alpha value is -0.120. The van der Waals surface area contributed by atoms with E-state index in [1.54, 1.807) is 0 Å². The van der Waals surface area contributed by atoms with Crippen LogP contribution in [0, 0.1) is 0 Å². The number of ether oxygens (including phenoxy) is 2. The number of hydrogen-bond acceptors (Lipinski definition) is 3. The van der Waals surface area contributed by atoms with Gasteiger partial charge in [-0.25, -0.2) is 0 Å². The van der Waals surface area contributed by atoms with Crippen molar-refractivity contribution in [2.75, 3.05) is 33.0 Å². The lowest BCUT2D eigenvalue weighted by Crippen LogP contribution is -2.22. The van der Waals surface area contributed by atoms with Crippen LogP contribution in [0.25, 0.3) is 0 Å². The Kier molecular flexibility index (Phi) is 7.01. The molecule has 3 heteroatoms. The molecule has 0 aromatic rings. The largest absolute Gasteiger partial charge is 0.379 e. The molecular formula is C11H23NO2. The zero-order valence-electron chi connectivity index (χ0n) is 9.26. The van der Waals surface area contributed by atoms with Crippen molar-refractivity contribution in [2.45, 2.75) is 38.6 Å². The summed E-state index contributed by atoms with van der Waals surface area (Å²) in [6, 6.07) is 0.791. The van der Waals surface area contributed by atoms with Gasteiger partial charge in [-0.2, -0.15) is 0 Å². The van der Waals surface area contributed by atoms with Gasteiger partial charge in [0.1, 0.15) is 0 Å². The second-order valence-electron chi connectivity index (χ2n) is 3.81. The Morgan fingerprint density at radius 2 is 1.79 bits per heavy atom. The first-order valence-corrected chi connectivity index (χ1v) is 5.82. The predicted molar refractivity (Wildman–Crippen MR) is 57.6 cm³/mol. The SMILES string of the molecule is CCCCOCCOCCNC1CC1. The summed E-state index contributed by atoms with van der Waals surface area (Å²) in [4.78, 5) is 0. The molecule has 0 aromatic heterocycles. The lowest BCUT2D eigenvalue weighted by Gasteiger charge is -2.05. The van der Waals surface area contributed by atoms with Crippen LogP contribution in [0.3, 0.4) is 0 Å². The van der Waals surface area contributed by atoms with Crippen LogP contribution >= 0.6 is 0 Å². The minimum atomic E-state index is 0.732. The van der Waals surface area contributed by atoms with E-state index >= 15 is 0 Å². The minimum absolute atomic E-state index is 0.732. The molecule has 1 saturated carbocycles. The lowest BCUT2D eigenvalue weighted by atomic mass is 10.4. The molecule has 0 radical (unpaired) electrons. The van der Waals surface area contributed by atoms with Crippen LogP contribution < -0.4 is 5.32 Å². The quantitative estimate of drug-likeness (QED) is 0.544. The van der Waals surface area contributed by atoms with E-state index in [0.717, 1.165) is 45.4 Å². The standard InChI is InChI=1S/C11H23NO2/c1-2-3-7-13-9-10-14-8-6-12-11-4-5-11/h11-12H,2-10H2,1H3. The smallest absolute Gasteiger partial charge is 0.0701 e. The van der Waals surface area contributed by atoms with Crippen molar-refractivity contribution < 1.29 is 9.47 Å². The van der Waals surface area contributed by atoms with E-state index in [2.05, 4.69) is 12.2 Å². The van der Waals surface area contributed by atoms with E-state index in [4.69, 9.17) is 9.47 Å². The molecule has 0 spiro atoms. The summed E-state index contributed by atoms with van der Waals surface area (Å²) in [5, 5.41) is 3.40. The number of unbranched alkanes of at least 4 members (excludes halogenated alkanes) is 1. The van der Waals surface area contributed by atoms with Gasteiger partial charge in [-0.15, -0.1) is 0 Å². The fraction of sp³-hybridized carbons (Fsp3) is 1.00. The predicted octanol–water partition coefficient (Wildman–Crippen LogP) is 1.57. The van der Waals surface area contributed by atoms with Crippen molar-refractivity contribution in [3.63, 3.8) is 0 Å². The summed E-state index contributed by atoms with van der Waals surface area (Å²) < 4.78 is 10.8. The zero-order valence-corrected chi connectivity index (χ0v) is 9.26. The molecule has 1 fully saturated rings. The third kappa shape index (κ3) is 7.30. The maximum absolute atomic E-state index is 5.40. The van der Waals surface area contributed by atoms with Gasteiger partial charge in [-0.1, -0.05) is 13.3 Å². The van der Waals surface area contributed by atoms with Crippen LogP contribution in [-0.4, -0.2) is 39.0 Å². The van der Waals surface area contributed by atoms with Crippen molar-refractivity contribution in [3.8, 4) is 0 Å². The van der Waals surface area contributed by atoms with Gasteiger partial charge < -0.3 is 14.8 Å². The molecule has 0 aromatic carbocycles. The summed E-state index contributed by atoms with van der Waals surface area (Å²) in [6.07, 6.45) is 5.05. The Bertz CT molecular complexity index is 126.